The molecule has 2 amide bonds. The highest BCUT2D eigenvalue weighted by Gasteiger charge is 2.32. The number of carbonyl (C=O) groups is 2. The van der Waals surface area contributed by atoms with Crippen LogP contribution in [-0.4, -0.2) is 68.1 Å². The lowest BCUT2D eigenvalue weighted by Crippen LogP contribution is -2.52. The summed E-state index contributed by atoms with van der Waals surface area (Å²) in [5.74, 6) is -0.267. The molecule has 0 radical (unpaired) electrons. The molecule has 2 heterocycles. The van der Waals surface area contributed by atoms with Crippen LogP contribution in [0.15, 0.2) is 0 Å². The molecule has 0 aromatic rings. The Labute approximate surface area is 125 Å². The lowest BCUT2D eigenvalue weighted by Gasteiger charge is -2.33. The Morgan fingerprint density at radius 3 is 2.38 bits per heavy atom. The molecule has 2 aliphatic heterocycles. The van der Waals surface area contributed by atoms with Crippen LogP contribution >= 0.6 is 0 Å². The maximum atomic E-state index is 12.0. The summed E-state index contributed by atoms with van der Waals surface area (Å²) in [5, 5.41) is 5.52. The molecule has 2 aliphatic rings. The van der Waals surface area contributed by atoms with Crippen LogP contribution in [0.5, 0.6) is 0 Å². The third kappa shape index (κ3) is 3.72. The lowest BCUT2D eigenvalue weighted by molar-refractivity contribution is -0.126. The first-order valence-electron chi connectivity index (χ1n) is 7.08. The van der Waals surface area contributed by atoms with E-state index in [0.29, 0.717) is 38.8 Å². The van der Waals surface area contributed by atoms with Gasteiger partial charge in [0.1, 0.15) is 6.04 Å². The van der Waals surface area contributed by atoms with Gasteiger partial charge in [0.2, 0.25) is 11.8 Å². The average Bonchev–Trinajstić information content (AvgIpc) is 2.86. The predicted octanol–water partition coefficient (Wildman–Crippen LogP) is -1.35. The van der Waals surface area contributed by atoms with Crippen molar-refractivity contribution in [3.8, 4) is 0 Å². The van der Waals surface area contributed by atoms with Crippen LogP contribution in [0.25, 0.3) is 0 Å². The summed E-state index contributed by atoms with van der Waals surface area (Å²) in [5.41, 5.74) is 0. The molecule has 9 heteroatoms. The Bertz CT molecular complexity index is 511. The van der Waals surface area contributed by atoms with Crippen LogP contribution in [0, 0.1) is 0 Å². The second kappa shape index (κ2) is 6.29. The highest BCUT2D eigenvalue weighted by atomic mass is 32.2. The van der Waals surface area contributed by atoms with E-state index < -0.39 is 16.3 Å². The van der Waals surface area contributed by atoms with Gasteiger partial charge in [-0.3, -0.25) is 9.59 Å². The number of piperidine rings is 1. The Morgan fingerprint density at radius 1 is 1.29 bits per heavy atom. The van der Waals surface area contributed by atoms with Crippen LogP contribution in [0.4, 0.5) is 0 Å². The normalized spacial score (nSPS) is 25.1. The van der Waals surface area contributed by atoms with Gasteiger partial charge in [0.05, 0.1) is 0 Å². The Kier molecular flexibility index (Phi) is 4.84. The smallest absolute Gasteiger partial charge is 0.281 e. The number of nitrogens with one attached hydrogen (secondary N) is 2. The first-order chi connectivity index (χ1) is 9.80. The van der Waals surface area contributed by atoms with Crippen LogP contribution in [-0.2, 0) is 19.8 Å². The molecule has 2 N–H and O–H groups in total. The van der Waals surface area contributed by atoms with E-state index in [1.807, 2.05) is 0 Å². The second-order valence-electron chi connectivity index (χ2n) is 5.63. The quantitative estimate of drug-likeness (QED) is 0.670. The van der Waals surface area contributed by atoms with Crippen molar-refractivity contribution in [2.24, 2.45) is 0 Å². The first kappa shape index (κ1) is 16.2. The van der Waals surface area contributed by atoms with Gasteiger partial charge < -0.3 is 10.6 Å². The Hall–Kier alpha value is -1.19. The SMILES string of the molecule is CN(C)S(=O)(=O)N1CCC(NC(=O)C2CCC(=O)N2)CC1. The van der Waals surface area contributed by atoms with E-state index in [2.05, 4.69) is 10.6 Å². The average molecular weight is 318 g/mol. The zero-order valence-electron chi connectivity index (χ0n) is 12.3. The number of carbonyl (C=O) groups excluding carboxylic acids is 2. The van der Waals surface area contributed by atoms with Gasteiger partial charge in [-0.2, -0.15) is 17.0 Å². The van der Waals surface area contributed by atoms with Crippen molar-refractivity contribution >= 4 is 22.0 Å². The molecule has 2 saturated heterocycles. The predicted molar refractivity (Wildman–Crippen MR) is 76.5 cm³/mol. The van der Waals surface area contributed by atoms with Crippen LogP contribution in [0.1, 0.15) is 25.7 Å². The Morgan fingerprint density at radius 2 is 1.90 bits per heavy atom. The third-order valence-electron chi connectivity index (χ3n) is 3.90. The molecule has 120 valence electrons. The minimum absolute atomic E-state index is 0.0383. The number of hydrogen-bond donors (Lipinski definition) is 2. The van der Waals surface area contributed by atoms with Gasteiger partial charge in [0, 0.05) is 39.6 Å². The fourth-order valence-corrected chi connectivity index (χ4v) is 3.71. The molecule has 0 spiro atoms. The van der Waals surface area contributed by atoms with E-state index in [1.54, 1.807) is 0 Å². The fourth-order valence-electron chi connectivity index (χ4n) is 2.57. The maximum absolute atomic E-state index is 12.0. The molecule has 1 unspecified atom stereocenters. The fraction of sp³-hybridized carbons (Fsp3) is 0.833. The van der Waals surface area contributed by atoms with Gasteiger partial charge in [-0.15, -0.1) is 0 Å². The van der Waals surface area contributed by atoms with Gasteiger partial charge in [-0.05, 0) is 19.3 Å². The largest absolute Gasteiger partial charge is 0.351 e. The minimum Gasteiger partial charge on any atom is -0.351 e. The number of hydrogen-bond acceptors (Lipinski definition) is 4. The molecule has 8 nitrogen and oxygen atoms in total. The minimum atomic E-state index is -3.38. The van der Waals surface area contributed by atoms with Crippen molar-refractivity contribution in [2.45, 2.75) is 37.8 Å². The van der Waals surface area contributed by atoms with E-state index in [1.165, 1.54) is 22.7 Å². The lowest BCUT2D eigenvalue weighted by atomic mass is 10.1. The highest BCUT2D eigenvalue weighted by Crippen LogP contribution is 2.16. The Balaban J connectivity index is 1.82. The van der Waals surface area contributed by atoms with E-state index in [9.17, 15) is 18.0 Å². The van der Waals surface area contributed by atoms with Gasteiger partial charge in [0.25, 0.3) is 10.2 Å². The summed E-state index contributed by atoms with van der Waals surface area (Å²) in [6, 6.07) is -0.482. The zero-order valence-corrected chi connectivity index (χ0v) is 13.1. The molecule has 2 fully saturated rings. The summed E-state index contributed by atoms with van der Waals surface area (Å²) in [6.45, 7) is 0.783. The van der Waals surface area contributed by atoms with Crippen LogP contribution in [0.3, 0.4) is 0 Å². The summed E-state index contributed by atoms with van der Waals surface area (Å²) < 4.78 is 26.6. The standard InChI is InChI=1S/C12H22N4O4S/c1-15(2)21(19,20)16-7-5-9(6-8-16)13-12(18)10-3-4-11(17)14-10/h9-10H,3-8H2,1-2H3,(H,13,18)(H,14,17). The van der Waals surface area contributed by atoms with Gasteiger partial charge in [-0.25, -0.2) is 0 Å². The van der Waals surface area contributed by atoms with Crippen molar-refractivity contribution in [1.82, 2.24) is 19.2 Å². The summed E-state index contributed by atoms with van der Waals surface area (Å²) in [4.78, 5) is 23.1. The van der Waals surface area contributed by atoms with Crippen molar-refractivity contribution in [1.29, 1.82) is 0 Å². The molecular formula is C12H22N4O4S. The van der Waals surface area contributed by atoms with Crippen LogP contribution < -0.4 is 10.6 Å². The number of rotatable bonds is 4. The monoisotopic (exact) mass is 318 g/mol. The molecule has 1 atom stereocenters. The molecule has 0 aromatic carbocycles. The van der Waals surface area contributed by atoms with Gasteiger partial charge in [-0.1, -0.05) is 0 Å². The molecule has 0 bridgehead atoms. The molecule has 0 aromatic heterocycles. The first-order valence-corrected chi connectivity index (χ1v) is 8.47. The van der Waals surface area contributed by atoms with Gasteiger partial charge >= 0.3 is 0 Å². The summed E-state index contributed by atoms with van der Waals surface area (Å²) in [6.07, 6.45) is 2.08. The second-order valence-corrected chi connectivity index (χ2v) is 7.77. The van der Waals surface area contributed by atoms with Crippen molar-refractivity contribution < 1.29 is 18.0 Å². The maximum Gasteiger partial charge on any atom is 0.281 e. The topological polar surface area (TPSA) is 98.8 Å². The van der Waals surface area contributed by atoms with Crippen molar-refractivity contribution in [2.75, 3.05) is 27.2 Å². The summed E-state index contributed by atoms with van der Waals surface area (Å²) in [7, 11) is -0.366. The molecule has 0 saturated carbocycles. The molecule has 0 aliphatic carbocycles. The molecule has 2 rings (SSSR count). The number of amides is 2. The zero-order chi connectivity index (χ0) is 15.6. The van der Waals surface area contributed by atoms with E-state index in [4.69, 9.17) is 0 Å². The molecular weight excluding hydrogens is 296 g/mol. The van der Waals surface area contributed by atoms with E-state index in [-0.39, 0.29) is 17.9 Å². The van der Waals surface area contributed by atoms with E-state index >= 15 is 0 Å². The number of nitrogens with zero attached hydrogens (tertiary/aromatic N) is 2. The molecule has 21 heavy (non-hydrogen) atoms. The van der Waals surface area contributed by atoms with Gasteiger partial charge in [0.15, 0.2) is 0 Å². The highest BCUT2D eigenvalue weighted by molar-refractivity contribution is 7.86. The summed E-state index contributed by atoms with van der Waals surface area (Å²) >= 11 is 0. The van der Waals surface area contributed by atoms with E-state index in [0.717, 1.165) is 0 Å². The van der Waals surface area contributed by atoms with Crippen LogP contribution in [0.2, 0.25) is 0 Å². The van der Waals surface area contributed by atoms with Crippen molar-refractivity contribution in [3.63, 3.8) is 0 Å². The van der Waals surface area contributed by atoms with Crippen molar-refractivity contribution in [3.05, 3.63) is 0 Å². The third-order valence-corrected chi connectivity index (χ3v) is 5.84.